The molecule has 0 aliphatic carbocycles. The molecular weight excluding hydrogens is 180 g/mol. The standard InChI is InChI=1S/C6H12N2O3S/c1-4-6(5-7)12(9,10)8(2)11-3/h6H,4H2,1-3H3. The molecule has 0 fully saturated rings. The van der Waals surface area contributed by atoms with Crippen molar-refractivity contribution in [3.63, 3.8) is 0 Å². The summed E-state index contributed by atoms with van der Waals surface area (Å²) in [5.74, 6) is 0. The van der Waals surface area contributed by atoms with Crippen LogP contribution in [0, 0.1) is 11.3 Å². The Hall–Kier alpha value is -0.640. The van der Waals surface area contributed by atoms with E-state index in [0.717, 1.165) is 0 Å². The highest BCUT2D eigenvalue weighted by atomic mass is 32.2. The van der Waals surface area contributed by atoms with Gasteiger partial charge in [-0.05, 0) is 6.42 Å². The monoisotopic (exact) mass is 192 g/mol. The molecule has 0 radical (unpaired) electrons. The molecule has 1 unspecified atom stereocenters. The van der Waals surface area contributed by atoms with Crippen LogP contribution >= 0.6 is 0 Å². The van der Waals surface area contributed by atoms with Crippen molar-refractivity contribution in [3.05, 3.63) is 0 Å². The number of rotatable bonds is 4. The molecule has 0 aromatic heterocycles. The van der Waals surface area contributed by atoms with Gasteiger partial charge in [0.1, 0.15) is 0 Å². The predicted molar refractivity (Wildman–Crippen MR) is 43.4 cm³/mol. The van der Waals surface area contributed by atoms with Crippen molar-refractivity contribution in [1.29, 1.82) is 5.26 Å². The molecule has 5 nitrogen and oxygen atoms in total. The molecule has 0 aliphatic heterocycles. The van der Waals surface area contributed by atoms with Gasteiger partial charge >= 0.3 is 0 Å². The summed E-state index contributed by atoms with van der Waals surface area (Å²) in [5.41, 5.74) is 0. The highest BCUT2D eigenvalue weighted by Crippen LogP contribution is 2.09. The van der Waals surface area contributed by atoms with Gasteiger partial charge in [-0.1, -0.05) is 11.4 Å². The highest BCUT2D eigenvalue weighted by Gasteiger charge is 2.28. The summed E-state index contributed by atoms with van der Waals surface area (Å²) in [7, 11) is -1.10. The second-order valence-corrected chi connectivity index (χ2v) is 4.28. The molecule has 0 aromatic rings. The van der Waals surface area contributed by atoms with E-state index < -0.39 is 15.3 Å². The molecule has 1 atom stereocenters. The second kappa shape index (κ2) is 4.40. The van der Waals surface area contributed by atoms with Crippen molar-refractivity contribution in [2.75, 3.05) is 14.2 Å². The van der Waals surface area contributed by atoms with E-state index in [-0.39, 0.29) is 6.42 Å². The normalized spacial score (nSPS) is 14.2. The number of hydroxylamine groups is 1. The Morgan fingerprint density at radius 2 is 2.17 bits per heavy atom. The van der Waals surface area contributed by atoms with Crippen LogP contribution in [0.5, 0.6) is 0 Å². The fourth-order valence-corrected chi connectivity index (χ4v) is 1.77. The second-order valence-electron chi connectivity index (χ2n) is 2.16. The van der Waals surface area contributed by atoms with E-state index in [9.17, 15) is 8.42 Å². The summed E-state index contributed by atoms with van der Waals surface area (Å²) in [5, 5.41) is 7.47. The first kappa shape index (κ1) is 11.4. The van der Waals surface area contributed by atoms with Gasteiger partial charge in [0.25, 0.3) is 10.0 Å². The van der Waals surface area contributed by atoms with Crippen LogP contribution in [-0.2, 0) is 14.9 Å². The quantitative estimate of drug-likeness (QED) is 0.593. The van der Waals surface area contributed by atoms with Gasteiger partial charge in [-0.25, -0.2) is 8.42 Å². The lowest BCUT2D eigenvalue weighted by atomic mass is 10.4. The lowest BCUT2D eigenvalue weighted by molar-refractivity contribution is -0.0264. The number of nitriles is 1. The Morgan fingerprint density at radius 3 is 2.42 bits per heavy atom. The van der Waals surface area contributed by atoms with Gasteiger partial charge < -0.3 is 0 Å². The minimum absolute atomic E-state index is 0.256. The Bertz CT molecular complexity index is 267. The third-order valence-corrected chi connectivity index (χ3v) is 3.51. The molecule has 0 rings (SSSR count). The number of hydrogen-bond acceptors (Lipinski definition) is 4. The van der Waals surface area contributed by atoms with Crippen molar-refractivity contribution in [1.82, 2.24) is 4.47 Å². The number of hydrogen-bond donors (Lipinski definition) is 0. The molecule has 0 aliphatic rings. The van der Waals surface area contributed by atoms with Crippen molar-refractivity contribution in [3.8, 4) is 6.07 Å². The maximum atomic E-state index is 11.3. The Balaban J connectivity index is 4.74. The van der Waals surface area contributed by atoms with E-state index in [4.69, 9.17) is 5.26 Å². The van der Waals surface area contributed by atoms with Gasteiger partial charge in [-0.3, -0.25) is 4.84 Å². The van der Waals surface area contributed by atoms with Crippen LogP contribution in [0.25, 0.3) is 0 Å². The first-order valence-corrected chi connectivity index (χ1v) is 4.92. The van der Waals surface area contributed by atoms with Crippen LogP contribution in [-0.4, -0.2) is 32.3 Å². The first-order chi connectivity index (χ1) is 5.50. The van der Waals surface area contributed by atoms with E-state index in [1.54, 1.807) is 13.0 Å². The Kier molecular flexibility index (Phi) is 4.17. The van der Waals surface area contributed by atoms with E-state index in [2.05, 4.69) is 4.84 Å². The molecule has 0 bridgehead atoms. The average Bonchev–Trinajstić information content (AvgIpc) is 2.04. The molecule has 6 heteroatoms. The summed E-state index contributed by atoms with van der Waals surface area (Å²) in [6, 6.07) is 1.70. The summed E-state index contributed by atoms with van der Waals surface area (Å²) in [6.45, 7) is 1.63. The highest BCUT2D eigenvalue weighted by molar-refractivity contribution is 7.89. The lowest BCUT2D eigenvalue weighted by Gasteiger charge is -2.16. The van der Waals surface area contributed by atoms with Gasteiger partial charge in [-0.2, -0.15) is 5.26 Å². The maximum Gasteiger partial charge on any atom is 0.252 e. The molecule has 12 heavy (non-hydrogen) atoms. The fourth-order valence-electron chi connectivity index (χ4n) is 0.652. The molecule has 0 aromatic carbocycles. The molecule has 0 N–H and O–H groups in total. The van der Waals surface area contributed by atoms with Crippen molar-refractivity contribution in [2.24, 2.45) is 0 Å². The minimum atomic E-state index is -3.60. The van der Waals surface area contributed by atoms with E-state index in [1.807, 2.05) is 0 Å². The first-order valence-electron chi connectivity index (χ1n) is 3.42. The van der Waals surface area contributed by atoms with Crippen LogP contribution < -0.4 is 0 Å². The topological polar surface area (TPSA) is 70.4 Å². The van der Waals surface area contributed by atoms with Crippen LogP contribution in [0.4, 0.5) is 0 Å². The maximum absolute atomic E-state index is 11.3. The molecular formula is C6H12N2O3S. The molecule has 0 amide bonds. The largest absolute Gasteiger partial charge is 0.288 e. The van der Waals surface area contributed by atoms with Gasteiger partial charge in [-0.15, -0.1) is 0 Å². The van der Waals surface area contributed by atoms with E-state index >= 15 is 0 Å². The molecule has 0 spiro atoms. The SMILES string of the molecule is CCC(C#N)S(=O)(=O)N(C)OC. The predicted octanol–water partition coefficient (Wildman–Crippen LogP) is 0.112. The van der Waals surface area contributed by atoms with Crippen LogP contribution in [0.1, 0.15) is 13.3 Å². The van der Waals surface area contributed by atoms with Crippen LogP contribution in [0.2, 0.25) is 0 Å². The third-order valence-electron chi connectivity index (χ3n) is 1.49. The van der Waals surface area contributed by atoms with E-state index in [0.29, 0.717) is 4.47 Å². The summed E-state index contributed by atoms with van der Waals surface area (Å²) >= 11 is 0. The van der Waals surface area contributed by atoms with Gasteiger partial charge in [0.05, 0.1) is 13.2 Å². The van der Waals surface area contributed by atoms with Gasteiger partial charge in [0.15, 0.2) is 5.25 Å². The van der Waals surface area contributed by atoms with Gasteiger partial charge in [0.2, 0.25) is 0 Å². The number of sulfonamides is 1. The molecule has 0 saturated carbocycles. The molecule has 70 valence electrons. The summed E-state index contributed by atoms with van der Waals surface area (Å²) < 4.78 is 23.3. The van der Waals surface area contributed by atoms with Gasteiger partial charge in [0, 0.05) is 7.05 Å². The minimum Gasteiger partial charge on any atom is -0.288 e. The van der Waals surface area contributed by atoms with Crippen LogP contribution in [0.3, 0.4) is 0 Å². The van der Waals surface area contributed by atoms with Crippen LogP contribution in [0.15, 0.2) is 0 Å². The zero-order valence-electron chi connectivity index (χ0n) is 7.31. The van der Waals surface area contributed by atoms with Crippen molar-refractivity contribution >= 4 is 10.0 Å². The average molecular weight is 192 g/mol. The fraction of sp³-hybridized carbons (Fsp3) is 0.833. The Labute approximate surface area is 72.5 Å². The number of nitrogens with zero attached hydrogens (tertiary/aromatic N) is 2. The smallest absolute Gasteiger partial charge is 0.252 e. The summed E-state index contributed by atoms with van der Waals surface area (Å²) in [4.78, 5) is 4.49. The zero-order valence-corrected chi connectivity index (χ0v) is 8.13. The third kappa shape index (κ3) is 2.17. The Morgan fingerprint density at radius 1 is 1.67 bits per heavy atom. The lowest BCUT2D eigenvalue weighted by Crippen LogP contribution is -2.34. The van der Waals surface area contributed by atoms with Crippen molar-refractivity contribution in [2.45, 2.75) is 18.6 Å². The summed E-state index contributed by atoms with van der Waals surface area (Å²) in [6.07, 6.45) is 0.256. The zero-order chi connectivity index (χ0) is 9.78. The van der Waals surface area contributed by atoms with Crippen molar-refractivity contribution < 1.29 is 13.3 Å². The molecule has 0 heterocycles. The van der Waals surface area contributed by atoms with E-state index in [1.165, 1.54) is 14.2 Å². The molecule has 0 saturated heterocycles.